The van der Waals surface area contributed by atoms with Crippen LogP contribution in [-0.2, 0) is 0 Å². The van der Waals surface area contributed by atoms with E-state index in [2.05, 4.69) is 55.5 Å². The predicted octanol–water partition coefficient (Wildman–Crippen LogP) is 4.68. The van der Waals surface area contributed by atoms with Crippen LogP contribution in [0.3, 0.4) is 0 Å². The third-order valence-corrected chi connectivity index (χ3v) is 4.29. The van der Waals surface area contributed by atoms with Crippen molar-refractivity contribution in [1.82, 2.24) is 0 Å². The normalized spacial score (nSPS) is 12.3. The van der Waals surface area contributed by atoms with E-state index in [1.807, 2.05) is 6.07 Å². The van der Waals surface area contributed by atoms with Gasteiger partial charge < -0.3 is 5.73 Å². The standard InChI is InChI=1S/C17H21NS/c1-14(6-5-13-18)15-9-11-17(12-10-15)19-16-7-3-2-4-8-16/h2-4,7-12,14H,5-6,13,18H2,1H3. The second kappa shape index (κ2) is 7.37. The highest BCUT2D eigenvalue weighted by Crippen LogP contribution is 2.29. The van der Waals surface area contributed by atoms with Crippen LogP contribution in [-0.4, -0.2) is 6.54 Å². The van der Waals surface area contributed by atoms with Crippen molar-refractivity contribution in [3.63, 3.8) is 0 Å². The molecule has 1 atom stereocenters. The first-order chi connectivity index (χ1) is 9.29. The Bertz CT molecular complexity index is 478. The summed E-state index contributed by atoms with van der Waals surface area (Å²) in [5.41, 5.74) is 6.97. The minimum absolute atomic E-state index is 0.597. The van der Waals surface area contributed by atoms with Crippen molar-refractivity contribution in [3.05, 3.63) is 60.2 Å². The lowest BCUT2D eigenvalue weighted by atomic mass is 9.96. The molecule has 0 aliphatic carbocycles. The minimum atomic E-state index is 0.597. The first kappa shape index (κ1) is 14.2. The molecular formula is C17H21NS. The van der Waals surface area contributed by atoms with Crippen molar-refractivity contribution in [2.75, 3.05) is 6.54 Å². The Kier molecular flexibility index (Phi) is 5.49. The van der Waals surface area contributed by atoms with Crippen LogP contribution in [0.2, 0.25) is 0 Å². The zero-order valence-electron chi connectivity index (χ0n) is 11.4. The van der Waals surface area contributed by atoms with Crippen LogP contribution in [0.5, 0.6) is 0 Å². The summed E-state index contributed by atoms with van der Waals surface area (Å²) in [5.74, 6) is 0.597. The van der Waals surface area contributed by atoms with E-state index in [-0.39, 0.29) is 0 Å². The Labute approximate surface area is 120 Å². The highest BCUT2D eigenvalue weighted by atomic mass is 32.2. The topological polar surface area (TPSA) is 26.0 Å². The van der Waals surface area contributed by atoms with Gasteiger partial charge in [0.15, 0.2) is 0 Å². The van der Waals surface area contributed by atoms with E-state index in [4.69, 9.17) is 5.73 Å². The summed E-state index contributed by atoms with van der Waals surface area (Å²) < 4.78 is 0. The number of benzene rings is 2. The molecule has 1 unspecified atom stereocenters. The van der Waals surface area contributed by atoms with Gasteiger partial charge in [-0.3, -0.25) is 0 Å². The molecule has 0 radical (unpaired) electrons. The van der Waals surface area contributed by atoms with Gasteiger partial charge in [-0.25, -0.2) is 0 Å². The molecular weight excluding hydrogens is 250 g/mol. The van der Waals surface area contributed by atoms with E-state index >= 15 is 0 Å². The molecule has 2 N–H and O–H groups in total. The van der Waals surface area contributed by atoms with Crippen molar-refractivity contribution in [2.45, 2.75) is 35.5 Å². The molecule has 2 heteroatoms. The van der Waals surface area contributed by atoms with Crippen LogP contribution in [0.1, 0.15) is 31.2 Å². The van der Waals surface area contributed by atoms with E-state index in [0.29, 0.717) is 5.92 Å². The maximum Gasteiger partial charge on any atom is 0.0122 e. The van der Waals surface area contributed by atoms with Gasteiger partial charge in [-0.05, 0) is 55.1 Å². The Balaban J connectivity index is 1.98. The third kappa shape index (κ3) is 4.41. The second-order valence-corrected chi connectivity index (χ2v) is 5.96. The number of nitrogens with two attached hydrogens (primary N) is 1. The van der Waals surface area contributed by atoms with Crippen LogP contribution >= 0.6 is 11.8 Å². The van der Waals surface area contributed by atoms with E-state index in [1.54, 1.807) is 11.8 Å². The highest BCUT2D eigenvalue weighted by molar-refractivity contribution is 7.99. The second-order valence-electron chi connectivity index (χ2n) is 4.82. The first-order valence-electron chi connectivity index (χ1n) is 6.82. The molecule has 0 saturated carbocycles. The predicted molar refractivity (Wildman–Crippen MR) is 83.7 cm³/mol. The lowest BCUT2D eigenvalue weighted by Gasteiger charge is -2.11. The van der Waals surface area contributed by atoms with Crippen molar-refractivity contribution >= 4 is 11.8 Å². The summed E-state index contributed by atoms with van der Waals surface area (Å²) >= 11 is 1.81. The molecule has 1 nitrogen and oxygen atoms in total. The summed E-state index contributed by atoms with van der Waals surface area (Å²) in [4.78, 5) is 2.58. The van der Waals surface area contributed by atoms with Gasteiger partial charge in [0.05, 0.1) is 0 Å². The fraction of sp³-hybridized carbons (Fsp3) is 0.294. The molecule has 19 heavy (non-hydrogen) atoms. The van der Waals surface area contributed by atoms with Gasteiger partial charge in [-0.2, -0.15) is 0 Å². The maximum absolute atomic E-state index is 5.56. The van der Waals surface area contributed by atoms with Crippen LogP contribution in [0.15, 0.2) is 64.4 Å². The average Bonchev–Trinajstić information content (AvgIpc) is 2.46. The van der Waals surface area contributed by atoms with Crippen LogP contribution in [0.25, 0.3) is 0 Å². The molecule has 2 aromatic carbocycles. The van der Waals surface area contributed by atoms with E-state index in [1.165, 1.54) is 21.8 Å². The highest BCUT2D eigenvalue weighted by Gasteiger charge is 2.05. The fourth-order valence-corrected chi connectivity index (χ4v) is 2.92. The average molecular weight is 271 g/mol. The Morgan fingerprint density at radius 3 is 2.21 bits per heavy atom. The Hall–Kier alpha value is -1.25. The van der Waals surface area contributed by atoms with E-state index in [0.717, 1.165) is 13.0 Å². The van der Waals surface area contributed by atoms with Gasteiger partial charge in [0.2, 0.25) is 0 Å². The minimum Gasteiger partial charge on any atom is -0.330 e. The SMILES string of the molecule is CC(CCCN)c1ccc(Sc2ccccc2)cc1. The number of rotatable bonds is 6. The van der Waals surface area contributed by atoms with Crippen molar-refractivity contribution < 1.29 is 0 Å². The molecule has 0 heterocycles. The molecule has 0 fully saturated rings. The molecule has 0 spiro atoms. The van der Waals surface area contributed by atoms with Gasteiger partial charge in [-0.15, -0.1) is 0 Å². The smallest absolute Gasteiger partial charge is 0.0122 e. The Morgan fingerprint density at radius 2 is 1.58 bits per heavy atom. The van der Waals surface area contributed by atoms with Gasteiger partial charge in [0.25, 0.3) is 0 Å². The fourth-order valence-electron chi connectivity index (χ4n) is 2.08. The van der Waals surface area contributed by atoms with Gasteiger partial charge >= 0.3 is 0 Å². The quantitative estimate of drug-likeness (QED) is 0.825. The Morgan fingerprint density at radius 1 is 0.947 bits per heavy atom. The van der Waals surface area contributed by atoms with Gasteiger partial charge in [0.1, 0.15) is 0 Å². The van der Waals surface area contributed by atoms with Crippen molar-refractivity contribution in [2.24, 2.45) is 5.73 Å². The summed E-state index contributed by atoms with van der Waals surface area (Å²) in [7, 11) is 0. The first-order valence-corrected chi connectivity index (χ1v) is 7.64. The number of hydrogen-bond donors (Lipinski definition) is 1. The van der Waals surface area contributed by atoms with E-state index < -0.39 is 0 Å². The molecule has 2 aromatic rings. The third-order valence-electron chi connectivity index (χ3n) is 3.27. The zero-order valence-corrected chi connectivity index (χ0v) is 12.2. The van der Waals surface area contributed by atoms with Gasteiger partial charge in [-0.1, -0.05) is 49.0 Å². The zero-order chi connectivity index (χ0) is 13.5. The lowest BCUT2D eigenvalue weighted by Crippen LogP contribution is -2.01. The molecule has 100 valence electrons. The monoisotopic (exact) mass is 271 g/mol. The molecule has 0 bridgehead atoms. The molecule has 0 saturated heterocycles. The van der Waals surface area contributed by atoms with Crippen LogP contribution in [0.4, 0.5) is 0 Å². The summed E-state index contributed by atoms with van der Waals surface area (Å²) in [6.45, 7) is 3.06. The van der Waals surface area contributed by atoms with Gasteiger partial charge in [0, 0.05) is 9.79 Å². The van der Waals surface area contributed by atoms with Crippen LogP contribution in [0, 0.1) is 0 Å². The maximum atomic E-state index is 5.56. The van der Waals surface area contributed by atoms with Crippen molar-refractivity contribution in [3.8, 4) is 0 Å². The molecule has 0 aliphatic heterocycles. The van der Waals surface area contributed by atoms with Crippen LogP contribution < -0.4 is 5.73 Å². The van der Waals surface area contributed by atoms with Crippen molar-refractivity contribution in [1.29, 1.82) is 0 Å². The number of hydrogen-bond acceptors (Lipinski definition) is 2. The lowest BCUT2D eigenvalue weighted by molar-refractivity contribution is 0.640. The molecule has 0 aromatic heterocycles. The van der Waals surface area contributed by atoms with E-state index in [9.17, 15) is 0 Å². The summed E-state index contributed by atoms with van der Waals surface area (Å²) in [6, 6.07) is 19.4. The summed E-state index contributed by atoms with van der Waals surface area (Å²) in [5, 5.41) is 0. The molecule has 0 amide bonds. The molecule has 0 aliphatic rings. The summed E-state index contributed by atoms with van der Waals surface area (Å²) in [6.07, 6.45) is 2.27. The molecule has 2 rings (SSSR count). The largest absolute Gasteiger partial charge is 0.330 e.